The number of aryl methyl sites for hydroxylation is 2. The molecular weight excluding hydrogens is 300 g/mol. The van der Waals surface area contributed by atoms with Crippen molar-refractivity contribution >= 4 is 23.7 Å². The number of urea groups is 1. The first-order valence-corrected chi connectivity index (χ1v) is 7.64. The van der Waals surface area contributed by atoms with E-state index in [9.17, 15) is 9.59 Å². The zero-order valence-electron chi connectivity index (χ0n) is 12.7. The number of carbonyl (C=O) groups is 2. The number of amides is 3. The van der Waals surface area contributed by atoms with Gasteiger partial charge >= 0.3 is 6.03 Å². The lowest BCUT2D eigenvalue weighted by Crippen LogP contribution is -2.39. The number of benzene rings is 1. The van der Waals surface area contributed by atoms with Crippen LogP contribution in [0.25, 0.3) is 5.69 Å². The minimum Gasteiger partial charge on any atom is -0.351 e. The van der Waals surface area contributed by atoms with Crippen molar-refractivity contribution in [1.82, 2.24) is 14.9 Å². The van der Waals surface area contributed by atoms with Gasteiger partial charge in [0, 0.05) is 12.4 Å². The average molecular weight is 318 g/mol. The predicted molar refractivity (Wildman–Crippen MR) is 86.1 cm³/mol. The van der Waals surface area contributed by atoms with Crippen molar-refractivity contribution in [3.8, 4) is 5.69 Å². The van der Waals surface area contributed by atoms with Gasteiger partial charge in [-0.2, -0.15) is 0 Å². The molecule has 0 bridgehead atoms. The van der Waals surface area contributed by atoms with Crippen molar-refractivity contribution in [2.75, 3.05) is 0 Å². The molecule has 0 saturated heterocycles. The van der Waals surface area contributed by atoms with Gasteiger partial charge in [-0.15, -0.1) is 0 Å². The molecule has 3 amide bonds. The maximum Gasteiger partial charge on any atom is 0.318 e. The number of nitrogens with zero attached hydrogens (tertiary/aromatic N) is 2. The van der Waals surface area contributed by atoms with Crippen LogP contribution in [0.1, 0.15) is 18.1 Å². The molecular formula is C15H18N4O2S. The molecule has 0 radical (unpaired) electrons. The van der Waals surface area contributed by atoms with E-state index in [0.717, 1.165) is 16.8 Å². The second-order valence-corrected chi connectivity index (χ2v) is 6.29. The zero-order valence-corrected chi connectivity index (χ0v) is 13.5. The van der Waals surface area contributed by atoms with Gasteiger partial charge in [0.2, 0.25) is 5.91 Å². The molecule has 2 aromatic rings. The molecule has 1 heterocycles. The van der Waals surface area contributed by atoms with Crippen LogP contribution in [0.15, 0.2) is 35.7 Å². The van der Waals surface area contributed by atoms with Gasteiger partial charge < -0.3 is 5.73 Å². The number of hydrogen-bond donors (Lipinski definition) is 2. The Labute approximate surface area is 133 Å². The van der Waals surface area contributed by atoms with Crippen LogP contribution in [0.3, 0.4) is 0 Å². The largest absolute Gasteiger partial charge is 0.351 e. The van der Waals surface area contributed by atoms with Crippen LogP contribution in [-0.2, 0) is 4.79 Å². The van der Waals surface area contributed by atoms with E-state index in [1.165, 1.54) is 11.8 Å². The second kappa shape index (κ2) is 6.65. The lowest BCUT2D eigenvalue weighted by molar-refractivity contribution is -0.119. The summed E-state index contributed by atoms with van der Waals surface area (Å²) in [6.45, 7) is 5.74. The van der Waals surface area contributed by atoms with Crippen LogP contribution in [0.5, 0.6) is 0 Å². The highest BCUT2D eigenvalue weighted by Crippen LogP contribution is 2.26. The Morgan fingerprint density at radius 1 is 1.36 bits per heavy atom. The van der Waals surface area contributed by atoms with E-state index in [-0.39, 0.29) is 0 Å². The quantitative estimate of drug-likeness (QED) is 0.845. The normalized spacial score (nSPS) is 12.0. The summed E-state index contributed by atoms with van der Waals surface area (Å²) in [4.78, 5) is 26.8. The first kappa shape index (κ1) is 16.1. The Kier molecular flexibility index (Phi) is 4.87. The second-order valence-electron chi connectivity index (χ2n) is 4.98. The number of nitrogens with two attached hydrogens (primary N) is 1. The topological polar surface area (TPSA) is 90.0 Å². The summed E-state index contributed by atoms with van der Waals surface area (Å²) in [7, 11) is 0. The molecule has 2 rings (SSSR count). The highest BCUT2D eigenvalue weighted by molar-refractivity contribution is 8.00. The molecule has 1 atom stereocenters. The minimum atomic E-state index is -0.852. The fourth-order valence-corrected chi connectivity index (χ4v) is 2.85. The summed E-state index contributed by atoms with van der Waals surface area (Å²) in [5.41, 5.74) is 8.23. The number of primary amides is 1. The van der Waals surface area contributed by atoms with Crippen LogP contribution >= 0.6 is 11.8 Å². The van der Waals surface area contributed by atoms with Gasteiger partial charge in [-0.05, 0) is 38.0 Å². The van der Waals surface area contributed by atoms with E-state index in [1.807, 2.05) is 36.7 Å². The number of rotatable bonds is 4. The lowest BCUT2D eigenvalue weighted by atomic mass is 10.1. The van der Waals surface area contributed by atoms with Crippen LogP contribution < -0.4 is 11.1 Å². The monoisotopic (exact) mass is 318 g/mol. The van der Waals surface area contributed by atoms with E-state index < -0.39 is 17.2 Å². The van der Waals surface area contributed by atoms with Gasteiger partial charge in [0.25, 0.3) is 0 Å². The van der Waals surface area contributed by atoms with Gasteiger partial charge in [0.15, 0.2) is 5.16 Å². The van der Waals surface area contributed by atoms with Gasteiger partial charge in [-0.1, -0.05) is 23.9 Å². The number of imidazole rings is 1. The van der Waals surface area contributed by atoms with Gasteiger partial charge in [0.05, 0.1) is 10.9 Å². The summed E-state index contributed by atoms with van der Waals surface area (Å²) in [5.74, 6) is -0.437. The molecule has 0 aliphatic rings. The molecule has 1 aromatic heterocycles. The fraction of sp³-hybridized carbons (Fsp3) is 0.267. The van der Waals surface area contributed by atoms with E-state index in [2.05, 4.69) is 16.4 Å². The summed E-state index contributed by atoms with van der Waals surface area (Å²) in [6, 6.07) is 5.30. The van der Waals surface area contributed by atoms with Crippen molar-refractivity contribution in [2.24, 2.45) is 5.73 Å². The third-order valence-corrected chi connectivity index (χ3v) is 4.21. The number of thioether (sulfide) groups is 1. The molecule has 7 heteroatoms. The predicted octanol–water partition coefficient (Wildman–Crippen LogP) is 2.16. The van der Waals surface area contributed by atoms with Gasteiger partial charge in [0.1, 0.15) is 0 Å². The molecule has 116 valence electrons. The van der Waals surface area contributed by atoms with Gasteiger partial charge in [-0.3, -0.25) is 14.7 Å². The van der Waals surface area contributed by atoms with Crippen LogP contribution in [0.4, 0.5) is 4.79 Å². The number of nitrogens with one attached hydrogen (secondary N) is 1. The summed E-state index contributed by atoms with van der Waals surface area (Å²) in [6.07, 6.45) is 3.53. The van der Waals surface area contributed by atoms with Crippen molar-refractivity contribution < 1.29 is 9.59 Å². The Morgan fingerprint density at radius 3 is 2.77 bits per heavy atom. The van der Waals surface area contributed by atoms with Gasteiger partial charge in [-0.25, -0.2) is 9.78 Å². The molecule has 0 spiro atoms. The van der Waals surface area contributed by atoms with E-state index in [4.69, 9.17) is 5.73 Å². The van der Waals surface area contributed by atoms with Crippen molar-refractivity contribution in [2.45, 2.75) is 31.2 Å². The maximum atomic E-state index is 11.8. The SMILES string of the molecule is Cc1ccc(C)c(-n2ccnc2S[C@@H](C)C(=O)NC(N)=O)c1. The van der Waals surface area contributed by atoms with Crippen molar-refractivity contribution in [3.05, 3.63) is 41.7 Å². The smallest absolute Gasteiger partial charge is 0.318 e. The van der Waals surface area contributed by atoms with Crippen LogP contribution in [0, 0.1) is 13.8 Å². The van der Waals surface area contributed by atoms with E-state index in [1.54, 1.807) is 13.1 Å². The highest BCUT2D eigenvalue weighted by atomic mass is 32.2. The first-order valence-electron chi connectivity index (χ1n) is 6.76. The molecule has 0 aliphatic heterocycles. The number of carbonyl (C=O) groups excluding carboxylic acids is 2. The number of aromatic nitrogens is 2. The van der Waals surface area contributed by atoms with Crippen molar-refractivity contribution in [1.29, 1.82) is 0 Å². The minimum absolute atomic E-state index is 0.437. The van der Waals surface area contributed by atoms with Crippen LogP contribution in [0.2, 0.25) is 0 Å². The Hall–Kier alpha value is -2.28. The molecule has 6 nitrogen and oxygen atoms in total. The maximum absolute atomic E-state index is 11.8. The molecule has 0 saturated carbocycles. The van der Waals surface area contributed by atoms with E-state index >= 15 is 0 Å². The third kappa shape index (κ3) is 3.67. The molecule has 0 unspecified atom stereocenters. The van der Waals surface area contributed by atoms with Crippen LogP contribution in [-0.4, -0.2) is 26.7 Å². The Balaban J connectivity index is 2.25. The number of hydrogen-bond acceptors (Lipinski definition) is 4. The lowest BCUT2D eigenvalue weighted by Gasteiger charge is -2.14. The third-order valence-electron chi connectivity index (χ3n) is 3.13. The molecule has 0 aliphatic carbocycles. The Morgan fingerprint density at radius 2 is 2.09 bits per heavy atom. The summed E-state index contributed by atoms with van der Waals surface area (Å²) < 4.78 is 1.93. The zero-order chi connectivity index (χ0) is 16.3. The van der Waals surface area contributed by atoms with E-state index in [0.29, 0.717) is 5.16 Å². The first-order chi connectivity index (χ1) is 10.4. The standard InChI is InChI=1S/C15H18N4O2S/c1-9-4-5-10(2)12(8-9)19-7-6-17-15(19)22-11(3)13(20)18-14(16)21/h4-8,11H,1-3H3,(H3,16,18,20,21)/t11-/m0/s1. The average Bonchev–Trinajstić information content (AvgIpc) is 2.88. The van der Waals surface area contributed by atoms with Crippen molar-refractivity contribution in [3.63, 3.8) is 0 Å². The molecule has 1 aromatic carbocycles. The molecule has 3 N–H and O–H groups in total. The molecule has 0 fully saturated rings. The summed E-state index contributed by atoms with van der Waals surface area (Å²) >= 11 is 1.27. The highest BCUT2D eigenvalue weighted by Gasteiger charge is 2.19. The summed E-state index contributed by atoms with van der Waals surface area (Å²) in [5, 5.41) is 2.27. The Bertz CT molecular complexity index is 711. The number of imide groups is 1. The fourth-order valence-electron chi connectivity index (χ4n) is 1.97. The molecule has 22 heavy (non-hydrogen) atoms.